The molecule has 4 rings (SSSR count). The number of ether oxygens (including phenoxy) is 2. The third-order valence-electron chi connectivity index (χ3n) is 5.59. The van der Waals surface area contributed by atoms with Crippen molar-refractivity contribution >= 4 is 28.9 Å². The lowest BCUT2D eigenvalue weighted by atomic mass is 9.98. The third-order valence-corrected chi connectivity index (χ3v) is 6.44. The zero-order chi connectivity index (χ0) is 24.2. The van der Waals surface area contributed by atoms with Crippen LogP contribution in [0.4, 0.5) is 4.39 Å². The number of carbonyl (C=O) groups excluding carboxylic acids is 2. The number of likely N-dealkylation sites (N-methyl/N-ethyl adjacent to an activating group) is 1. The molecule has 1 aliphatic heterocycles. The van der Waals surface area contributed by atoms with Gasteiger partial charge < -0.3 is 14.4 Å². The minimum absolute atomic E-state index is 0.138. The number of amides is 2. The Morgan fingerprint density at radius 1 is 1.12 bits per heavy atom. The van der Waals surface area contributed by atoms with Gasteiger partial charge in [-0.15, -0.1) is 11.3 Å². The summed E-state index contributed by atoms with van der Waals surface area (Å²) in [6.45, 7) is -0.138. The van der Waals surface area contributed by atoms with Gasteiger partial charge in [-0.1, -0.05) is 24.3 Å². The first kappa shape index (κ1) is 23.4. The van der Waals surface area contributed by atoms with Gasteiger partial charge in [0.15, 0.2) is 11.5 Å². The van der Waals surface area contributed by atoms with Gasteiger partial charge in [-0.3, -0.25) is 9.59 Å². The van der Waals surface area contributed by atoms with E-state index >= 15 is 0 Å². The van der Waals surface area contributed by atoms with Gasteiger partial charge in [-0.05, 0) is 46.8 Å². The van der Waals surface area contributed by atoms with Crippen LogP contribution in [0.5, 0.6) is 11.5 Å². The lowest BCUT2D eigenvalue weighted by Gasteiger charge is -2.25. The van der Waals surface area contributed by atoms with E-state index in [1.807, 2.05) is 17.5 Å². The predicted octanol–water partition coefficient (Wildman–Crippen LogP) is 4.35. The van der Waals surface area contributed by atoms with E-state index in [2.05, 4.69) is 5.10 Å². The van der Waals surface area contributed by atoms with Gasteiger partial charge in [0, 0.05) is 13.5 Å². The van der Waals surface area contributed by atoms with Gasteiger partial charge in [-0.25, -0.2) is 9.40 Å². The van der Waals surface area contributed by atoms with E-state index in [0.29, 0.717) is 28.5 Å². The highest BCUT2D eigenvalue weighted by Crippen LogP contribution is 2.37. The van der Waals surface area contributed by atoms with Crippen molar-refractivity contribution in [2.45, 2.75) is 12.5 Å². The summed E-state index contributed by atoms with van der Waals surface area (Å²) in [4.78, 5) is 27.9. The van der Waals surface area contributed by atoms with Gasteiger partial charge in [0.1, 0.15) is 12.4 Å². The maximum Gasteiger partial charge on any atom is 0.264 e. The second kappa shape index (κ2) is 10.0. The first-order chi connectivity index (χ1) is 16.4. The molecule has 34 heavy (non-hydrogen) atoms. The Bertz CT molecular complexity index is 1210. The van der Waals surface area contributed by atoms with E-state index in [0.717, 1.165) is 11.1 Å². The fourth-order valence-electron chi connectivity index (χ4n) is 3.81. The van der Waals surface area contributed by atoms with Crippen LogP contribution in [0, 0.1) is 5.82 Å². The van der Waals surface area contributed by atoms with Crippen LogP contribution in [0.15, 0.2) is 65.1 Å². The number of halogens is 1. The number of benzene rings is 2. The summed E-state index contributed by atoms with van der Waals surface area (Å²) in [6, 6.07) is 14.5. The van der Waals surface area contributed by atoms with Crippen molar-refractivity contribution in [3.63, 3.8) is 0 Å². The Hall–Kier alpha value is -3.72. The van der Waals surface area contributed by atoms with E-state index < -0.39 is 6.04 Å². The van der Waals surface area contributed by atoms with Crippen molar-refractivity contribution in [2.75, 3.05) is 27.8 Å². The Morgan fingerprint density at radius 3 is 2.50 bits per heavy atom. The normalized spacial score (nSPS) is 15.1. The number of hydrazone groups is 1. The Morgan fingerprint density at radius 2 is 1.85 bits per heavy atom. The van der Waals surface area contributed by atoms with Gasteiger partial charge in [0.05, 0.1) is 30.9 Å². The SMILES string of the molecule is COc1ccc([C@@H]2CC(c3ccc(F)cc3)=NN2C(=O)CN(C)C(=O)c2cccs2)cc1OC. The van der Waals surface area contributed by atoms with Crippen LogP contribution in [-0.2, 0) is 4.79 Å². The van der Waals surface area contributed by atoms with Crippen LogP contribution < -0.4 is 9.47 Å². The molecule has 2 heterocycles. The number of hydrogen-bond donors (Lipinski definition) is 0. The third kappa shape index (κ3) is 4.79. The van der Waals surface area contributed by atoms with E-state index in [4.69, 9.17) is 9.47 Å². The fourth-order valence-corrected chi connectivity index (χ4v) is 4.53. The number of carbonyl (C=O) groups is 2. The molecular formula is C25H24FN3O4S. The summed E-state index contributed by atoms with van der Waals surface area (Å²) in [7, 11) is 4.69. The van der Waals surface area contributed by atoms with E-state index in [1.165, 1.54) is 33.4 Å². The van der Waals surface area contributed by atoms with Crippen LogP contribution in [-0.4, -0.2) is 55.2 Å². The van der Waals surface area contributed by atoms with Crippen LogP contribution in [0.3, 0.4) is 0 Å². The van der Waals surface area contributed by atoms with Crippen LogP contribution in [0.1, 0.15) is 33.3 Å². The van der Waals surface area contributed by atoms with Crippen molar-refractivity contribution in [3.05, 3.63) is 81.8 Å². The van der Waals surface area contributed by atoms with Gasteiger partial charge in [0.2, 0.25) is 0 Å². The van der Waals surface area contributed by atoms with E-state index in [9.17, 15) is 14.0 Å². The molecule has 1 aromatic heterocycles. The van der Waals surface area contributed by atoms with Crippen LogP contribution >= 0.6 is 11.3 Å². The highest BCUT2D eigenvalue weighted by Gasteiger charge is 2.34. The average molecular weight is 482 g/mol. The number of methoxy groups -OCH3 is 2. The zero-order valence-corrected chi connectivity index (χ0v) is 19.8. The van der Waals surface area contributed by atoms with E-state index in [1.54, 1.807) is 51.6 Å². The predicted molar refractivity (Wildman–Crippen MR) is 128 cm³/mol. The first-order valence-corrected chi connectivity index (χ1v) is 11.5. The summed E-state index contributed by atoms with van der Waals surface area (Å²) >= 11 is 1.32. The molecule has 2 aromatic carbocycles. The van der Waals surface area contributed by atoms with Crippen molar-refractivity contribution in [1.82, 2.24) is 9.91 Å². The Labute approximate surface area is 201 Å². The molecule has 0 saturated heterocycles. The van der Waals surface area contributed by atoms with Crippen LogP contribution in [0.2, 0.25) is 0 Å². The number of hydrogen-bond acceptors (Lipinski definition) is 6. The molecule has 1 atom stereocenters. The van der Waals surface area contributed by atoms with Gasteiger partial charge in [0.25, 0.3) is 11.8 Å². The van der Waals surface area contributed by atoms with E-state index in [-0.39, 0.29) is 24.2 Å². The highest BCUT2D eigenvalue weighted by atomic mass is 32.1. The molecule has 7 nitrogen and oxygen atoms in total. The molecule has 0 fully saturated rings. The van der Waals surface area contributed by atoms with Crippen LogP contribution in [0.25, 0.3) is 0 Å². The molecule has 2 amide bonds. The van der Waals surface area contributed by atoms with Gasteiger partial charge in [-0.2, -0.15) is 5.10 Å². The maximum atomic E-state index is 13.4. The molecule has 1 aliphatic rings. The molecule has 3 aromatic rings. The minimum Gasteiger partial charge on any atom is -0.493 e. The topological polar surface area (TPSA) is 71.4 Å². The zero-order valence-electron chi connectivity index (χ0n) is 19.0. The molecule has 0 bridgehead atoms. The standard InChI is InChI=1S/C25H24FN3O4S/c1-28(25(31)23-5-4-12-34-23)15-24(30)29-20(17-8-11-21(32-2)22(13-17)33-3)14-19(27-29)16-6-9-18(26)10-7-16/h4-13,20H,14-15H2,1-3H3/t20-/m0/s1. The summed E-state index contributed by atoms with van der Waals surface area (Å²) in [5.41, 5.74) is 2.18. The van der Waals surface area contributed by atoms with Crippen molar-refractivity contribution in [1.29, 1.82) is 0 Å². The molecule has 176 valence electrons. The molecule has 0 spiro atoms. The van der Waals surface area contributed by atoms with Crippen molar-refractivity contribution < 1.29 is 23.5 Å². The second-order valence-corrected chi connectivity index (χ2v) is 8.71. The Balaban J connectivity index is 1.63. The fraction of sp³-hybridized carbons (Fsp3) is 0.240. The van der Waals surface area contributed by atoms with Gasteiger partial charge >= 0.3 is 0 Å². The molecular weight excluding hydrogens is 457 g/mol. The average Bonchev–Trinajstić information content (AvgIpc) is 3.54. The second-order valence-electron chi connectivity index (χ2n) is 7.76. The largest absolute Gasteiger partial charge is 0.493 e. The molecule has 0 saturated carbocycles. The summed E-state index contributed by atoms with van der Waals surface area (Å²) < 4.78 is 24.2. The number of rotatable bonds is 7. The minimum atomic E-state index is -0.419. The summed E-state index contributed by atoms with van der Waals surface area (Å²) in [6.07, 6.45) is 0.426. The molecule has 0 aliphatic carbocycles. The lowest BCUT2D eigenvalue weighted by Crippen LogP contribution is -2.39. The quantitative estimate of drug-likeness (QED) is 0.503. The number of nitrogens with zero attached hydrogens (tertiary/aromatic N) is 3. The monoisotopic (exact) mass is 481 g/mol. The summed E-state index contributed by atoms with van der Waals surface area (Å²) in [5, 5.41) is 7.81. The lowest BCUT2D eigenvalue weighted by molar-refractivity contribution is -0.133. The highest BCUT2D eigenvalue weighted by molar-refractivity contribution is 7.12. The molecule has 0 radical (unpaired) electrons. The number of thiophene rings is 1. The molecule has 9 heteroatoms. The van der Waals surface area contributed by atoms with Crippen molar-refractivity contribution in [3.8, 4) is 11.5 Å². The smallest absolute Gasteiger partial charge is 0.264 e. The Kier molecular flexibility index (Phi) is 6.93. The molecule has 0 unspecified atom stereocenters. The maximum absolute atomic E-state index is 13.4. The molecule has 0 N–H and O–H groups in total. The van der Waals surface area contributed by atoms with Crippen molar-refractivity contribution in [2.24, 2.45) is 5.10 Å². The summed E-state index contributed by atoms with van der Waals surface area (Å²) in [5.74, 6) is 0.202. The first-order valence-electron chi connectivity index (χ1n) is 10.6.